The van der Waals surface area contributed by atoms with Crippen LogP contribution in [0.2, 0.25) is 0 Å². The number of aliphatic hydroxyl groups is 4. The number of aliphatic hydroxyl groups excluding tert-OH is 4. The van der Waals surface area contributed by atoms with Crippen LogP contribution in [0.15, 0.2) is 162 Å². The predicted molar refractivity (Wildman–Crippen MR) is 391 cm³/mol. The van der Waals surface area contributed by atoms with E-state index >= 15 is 9.90 Å². The summed E-state index contributed by atoms with van der Waals surface area (Å²) >= 11 is 0. The second kappa shape index (κ2) is 22.4. The quantitative estimate of drug-likeness (QED) is 0.0435. The summed E-state index contributed by atoms with van der Waals surface area (Å²) in [6.45, 7) is -0.417. The second-order valence-corrected chi connectivity index (χ2v) is 34.3. The van der Waals surface area contributed by atoms with Crippen molar-refractivity contribution in [1.29, 1.82) is 0 Å². The van der Waals surface area contributed by atoms with E-state index in [1.165, 1.54) is 35.0 Å². The van der Waals surface area contributed by atoms with Crippen molar-refractivity contribution in [3.05, 3.63) is 229 Å². The van der Waals surface area contributed by atoms with Crippen molar-refractivity contribution in [1.82, 2.24) is 5.32 Å². The van der Waals surface area contributed by atoms with Crippen LogP contribution in [0.5, 0.6) is 23.0 Å². The number of aromatic hydroxyl groups is 3. The number of hydrogen-bond donors (Lipinski definition) is 8. The summed E-state index contributed by atoms with van der Waals surface area (Å²) < 4.78 is 5.91. The number of carbonyl (C=O) groups is 1. The normalized spacial score (nSPS) is 38.3. The Labute approximate surface area is 597 Å². The number of phenols is 3. The molecule has 1 saturated heterocycles. The van der Waals surface area contributed by atoms with Crippen LogP contribution in [-0.4, -0.2) is 79.0 Å². The minimum Gasteiger partial charge on any atom is -0.504 e. The number of hydrogen-bond acceptors (Lipinski definition) is 10. The summed E-state index contributed by atoms with van der Waals surface area (Å²) in [5, 5.41) is 98.1. The van der Waals surface area contributed by atoms with Gasteiger partial charge in [-0.15, -0.1) is 5.92 Å². The average Bonchev–Trinajstić information content (AvgIpc) is 0.888. The molecule has 4 spiro atoms. The molecule has 0 amide bonds. The van der Waals surface area contributed by atoms with Gasteiger partial charge in [0.1, 0.15) is 5.78 Å². The highest BCUT2D eigenvalue weighted by Crippen LogP contribution is 2.84. The van der Waals surface area contributed by atoms with Gasteiger partial charge in [-0.05, 0) is 237 Å². The first-order valence-corrected chi connectivity index (χ1v) is 38.6. The van der Waals surface area contributed by atoms with Crippen LogP contribution in [0.25, 0.3) is 16.3 Å². The van der Waals surface area contributed by atoms with Gasteiger partial charge in [0.05, 0.1) is 37.9 Å². The number of benzene rings is 7. The number of Topliss-reactive ketones (excluding diaryl/α,β-unsaturated/α-hetero) is 1. The van der Waals surface area contributed by atoms with Crippen LogP contribution in [0.4, 0.5) is 0 Å². The minimum atomic E-state index is -1.35. The van der Waals surface area contributed by atoms with Crippen LogP contribution in [0.1, 0.15) is 180 Å². The van der Waals surface area contributed by atoms with Gasteiger partial charge in [0.15, 0.2) is 23.0 Å². The molecule has 20 rings (SSSR count). The van der Waals surface area contributed by atoms with Crippen molar-refractivity contribution in [2.75, 3.05) is 7.11 Å². The number of piperidine rings is 1. The Bertz CT molecular complexity index is 5010. The molecule has 516 valence electrons. The van der Waals surface area contributed by atoms with E-state index in [1.54, 1.807) is 12.1 Å². The number of nitrogens with one attached hydrogen (secondary N) is 1. The van der Waals surface area contributed by atoms with E-state index in [9.17, 15) is 30.6 Å². The van der Waals surface area contributed by atoms with E-state index < -0.39 is 82.7 Å². The van der Waals surface area contributed by atoms with Crippen molar-refractivity contribution >= 4 is 22.1 Å². The highest BCUT2D eigenvalue weighted by Gasteiger charge is 2.79. The number of allylic oxidation sites excluding steroid dienone is 5. The van der Waals surface area contributed by atoms with Crippen LogP contribution < -0.4 is 10.1 Å². The maximum atomic E-state index is 17.8. The molecule has 12 aliphatic carbocycles. The lowest BCUT2D eigenvalue weighted by Crippen LogP contribution is -2.79. The van der Waals surface area contributed by atoms with Crippen LogP contribution in [0, 0.1) is 87.8 Å². The predicted octanol–water partition coefficient (Wildman–Crippen LogP) is 14.5. The number of ether oxygens (including phenoxy) is 1. The maximum Gasteiger partial charge on any atom is 0.160 e. The van der Waals surface area contributed by atoms with E-state index in [-0.39, 0.29) is 94.5 Å². The number of carbonyl (C=O) groups excluding carboxylic acids is 1. The zero-order valence-corrected chi connectivity index (χ0v) is 57.9. The van der Waals surface area contributed by atoms with Gasteiger partial charge in [-0.1, -0.05) is 158 Å². The molecule has 7 aromatic rings. The van der Waals surface area contributed by atoms with Crippen molar-refractivity contribution in [3.8, 4) is 46.7 Å². The number of phenolic OH excluding ortho intramolecular Hbond substituents is 3. The molecule has 1 heterocycles. The fourth-order valence-electron chi connectivity index (χ4n) is 26.8. The average molecular weight is 1350 g/mol. The van der Waals surface area contributed by atoms with E-state index in [0.29, 0.717) is 43.2 Å². The summed E-state index contributed by atoms with van der Waals surface area (Å²) in [7, 11) is 1.52. The lowest BCUT2D eigenvalue weighted by molar-refractivity contribution is -0.184. The topological polar surface area (TPSA) is 180 Å². The van der Waals surface area contributed by atoms with Crippen LogP contribution in [0.3, 0.4) is 0 Å². The van der Waals surface area contributed by atoms with Gasteiger partial charge in [0.25, 0.3) is 0 Å². The molecule has 5 fully saturated rings. The zero-order valence-electron chi connectivity index (χ0n) is 57.9. The third-order valence-electron chi connectivity index (χ3n) is 30.4. The van der Waals surface area contributed by atoms with Crippen molar-refractivity contribution in [2.24, 2.45) is 64.1 Å². The largest absolute Gasteiger partial charge is 0.504 e. The third kappa shape index (κ3) is 8.37. The van der Waals surface area contributed by atoms with E-state index in [0.717, 1.165) is 125 Å². The Kier molecular flexibility index (Phi) is 13.7. The Morgan fingerprint density at radius 1 is 0.696 bits per heavy atom. The first kappa shape index (κ1) is 62.4. The molecule has 0 radical (unpaired) electrons. The van der Waals surface area contributed by atoms with Gasteiger partial charge in [-0.25, -0.2) is 0 Å². The summed E-state index contributed by atoms with van der Waals surface area (Å²) in [5.41, 5.74) is 14.7. The lowest BCUT2D eigenvalue weighted by Gasteiger charge is -2.78. The Hall–Kier alpha value is -8.19. The first-order chi connectivity index (χ1) is 49.7. The molecule has 22 atom stereocenters. The number of ketones is 1. The first-order valence-electron chi connectivity index (χ1n) is 38.6. The monoisotopic (exact) mass is 1350 g/mol. The highest BCUT2D eigenvalue weighted by molar-refractivity contribution is 5.92. The smallest absolute Gasteiger partial charge is 0.160 e. The standard InChI is InChI=1S/C92H89NO9/c1-102-82-41-63(55(46-94)33-81(82)100)62-37-77(96)69-32-54-30-57-34-66-64-38-76(95)60(85(54)66)20-9-21-75-59(25-24-52(62)29-49-14-6-3-7-15-49)87(88(69)101)92-72-42-80(99)79(98)40-68(72)70-43-83(92)91-47-90(70)27-11-18-56(90)35-71(91)65-39-78(97)73(89(57)26-10-16-50(45-89)28-48-12-4-2-5-13-48)36-67(65)86(74(91)44-84(92)93-75)53-23-22-51-17-8-19-58(64)61(51)31-53/h2-8,12-15,17,19,22-23,30-31,33-36,40-42,50,52,56,59-60,62,64-65,69-70,74-76,78,83-84,87-88,93-95,97-101H,10-11,16,18,21,26-29,32,37-39,43-47H2,1H3/t50-,52-,56+,59-,60+,62+,64-,65+,69-,70-,74-,75+,76-,78+,83-,84+,87+,88-,89-,90-,91+,92+/m0/s1. The molecular formula is C92H89NO9. The molecule has 8 N–H and O–H groups in total. The fourth-order valence-corrected chi connectivity index (χ4v) is 26.8. The SMILES string of the molecule is COc1cc([C@@H]2CC(=O)[C@@H]3Cc4cc5cc6c4[C@@H]4C#CC[C@H]7N[C@@H]8C[C@H]9C(=C%10C=C([C@H](O)C[C@H]%10C%10=C[C@H]%11CCC[C@]%11%12C[C@@]%109[C@@H]9C[C@H]%12c%10cc(O)c(O)cc%10[C@]89[C@@H]([C@H]3O)[C@H]7C#C[C@H]2Cc2ccccc2)[C@]52CCC[C@@H](Cc3ccccc3)C2)c2ccc3cccc(c3c2)[C@@H]6C[C@@H]4O)c(CO)cc1O. The number of fused-ring (bicyclic) bond motifs is 12. The van der Waals surface area contributed by atoms with E-state index in [4.69, 9.17) is 4.74 Å². The molecule has 0 unspecified atom stereocenters. The van der Waals surface area contributed by atoms with E-state index in [1.807, 2.05) is 30.3 Å². The number of rotatable bonds is 7. The van der Waals surface area contributed by atoms with Crippen LogP contribution >= 0.6 is 0 Å². The molecule has 102 heavy (non-hydrogen) atoms. The van der Waals surface area contributed by atoms with Crippen molar-refractivity contribution in [2.45, 2.75) is 181 Å². The summed E-state index contributed by atoms with van der Waals surface area (Å²) in [4.78, 5) is 17.8. The maximum absolute atomic E-state index is 17.8. The van der Waals surface area contributed by atoms with Gasteiger partial charge >= 0.3 is 0 Å². The highest BCUT2D eigenvalue weighted by atomic mass is 16.5. The van der Waals surface area contributed by atoms with Gasteiger partial charge in [0.2, 0.25) is 0 Å². The minimum absolute atomic E-state index is 0.0117. The van der Waals surface area contributed by atoms with Gasteiger partial charge in [-0.3, -0.25) is 4.79 Å². The molecular weight excluding hydrogens is 1260 g/mol. The Morgan fingerprint density at radius 3 is 2.33 bits per heavy atom. The van der Waals surface area contributed by atoms with Gasteiger partial charge < -0.3 is 45.8 Å². The molecule has 4 saturated carbocycles. The molecule has 7 aromatic carbocycles. The summed E-state index contributed by atoms with van der Waals surface area (Å²) in [5.74, 6) is 11.0. The lowest BCUT2D eigenvalue weighted by atomic mass is 9.27. The third-order valence-corrected chi connectivity index (χ3v) is 30.4. The van der Waals surface area contributed by atoms with Crippen molar-refractivity contribution < 1.29 is 45.3 Å². The van der Waals surface area contributed by atoms with Gasteiger partial charge in [-0.2, -0.15) is 0 Å². The Morgan fingerprint density at radius 2 is 1.51 bits per heavy atom. The Balaban J connectivity index is 0.939. The molecule has 1 aliphatic heterocycles. The molecule has 10 nitrogen and oxygen atoms in total. The van der Waals surface area contributed by atoms with Crippen molar-refractivity contribution in [3.63, 3.8) is 0 Å². The molecule has 10 heteroatoms. The zero-order chi connectivity index (χ0) is 68.6. The summed E-state index contributed by atoms with van der Waals surface area (Å²) in [6, 6.07) is 46.6. The van der Waals surface area contributed by atoms with Crippen LogP contribution in [-0.2, 0) is 41.5 Å². The van der Waals surface area contributed by atoms with E-state index in [2.05, 4.69) is 132 Å². The molecule has 13 aliphatic rings. The molecule has 0 aromatic heterocycles. The van der Waals surface area contributed by atoms with Gasteiger partial charge in [0, 0.05) is 82.6 Å². The number of methoxy groups -OCH3 is 1. The molecule has 14 bridgehead atoms. The second-order valence-electron chi connectivity index (χ2n) is 34.3. The summed E-state index contributed by atoms with van der Waals surface area (Å²) in [6.07, 6.45) is 14.1. The fraction of sp³-hybridized carbons (Fsp3) is 0.446.